The first-order valence-electron chi connectivity index (χ1n) is 5.43. The molecule has 1 unspecified atom stereocenters. The third-order valence-electron chi connectivity index (χ3n) is 2.63. The van der Waals surface area contributed by atoms with Gasteiger partial charge >= 0.3 is 5.97 Å². The van der Waals surface area contributed by atoms with E-state index in [-0.39, 0.29) is 16.6 Å². The summed E-state index contributed by atoms with van der Waals surface area (Å²) in [5.74, 6) is -1.05. The molecule has 0 radical (unpaired) electrons. The van der Waals surface area contributed by atoms with Crippen molar-refractivity contribution in [2.75, 3.05) is 20.7 Å². The van der Waals surface area contributed by atoms with Crippen molar-refractivity contribution in [3.63, 3.8) is 0 Å². The van der Waals surface area contributed by atoms with Crippen molar-refractivity contribution in [1.82, 2.24) is 14.1 Å². The summed E-state index contributed by atoms with van der Waals surface area (Å²) in [5, 5.41) is 3.72. The quantitative estimate of drug-likeness (QED) is 0.740. The second kappa shape index (κ2) is 5.89. The number of sulfonamides is 1. The van der Waals surface area contributed by atoms with Gasteiger partial charge in [0.15, 0.2) is 5.03 Å². The van der Waals surface area contributed by atoms with E-state index in [0.717, 1.165) is 4.31 Å². The second-order valence-electron chi connectivity index (χ2n) is 4.13. The molecule has 0 spiro atoms. The summed E-state index contributed by atoms with van der Waals surface area (Å²) >= 11 is 5.82. The van der Waals surface area contributed by atoms with Crippen molar-refractivity contribution in [1.29, 1.82) is 0 Å². The SMILES string of the molecule is COC(=O)C(C)CN(C)S(=O)(=O)c1c(Cl)cnn1C. The normalized spacial score (nSPS) is 13.6. The Bertz CT molecular complexity index is 550. The predicted octanol–water partition coefficient (Wildman–Crippen LogP) is 0.503. The van der Waals surface area contributed by atoms with Crippen LogP contribution in [0.3, 0.4) is 0 Å². The number of aryl methyl sites for hydroxylation is 1. The van der Waals surface area contributed by atoms with Crippen molar-refractivity contribution in [2.24, 2.45) is 13.0 Å². The lowest BCUT2D eigenvalue weighted by molar-refractivity contribution is -0.144. The smallest absolute Gasteiger partial charge is 0.309 e. The van der Waals surface area contributed by atoms with E-state index in [4.69, 9.17) is 11.6 Å². The summed E-state index contributed by atoms with van der Waals surface area (Å²) in [7, 11) is 0.311. The molecule has 0 N–H and O–H groups in total. The molecule has 1 heterocycles. The van der Waals surface area contributed by atoms with E-state index in [0.29, 0.717) is 0 Å². The van der Waals surface area contributed by atoms with Gasteiger partial charge in [-0.25, -0.2) is 8.42 Å². The number of esters is 1. The number of halogens is 1. The number of aromatic nitrogens is 2. The Morgan fingerprint density at radius 1 is 1.63 bits per heavy atom. The predicted molar refractivity (Wildman–Crippen MR) is 69.2 cm³/mol. The van der Waals surface area contributed by atoms with Crippen LogP contribution < -0.4 is 0 Å². The topological polar surface area (TPSA) is 81.5 Å². The fourth-order valence-electron chi connectivity index (χ4n) is 1.60. The summed E-state index contributed by atoms with van der Waals surface area (Å²) < 4.78 is 31.4. The lowest BCUT2D eigenvalue weighted by atomic mass is 10.2. The molecule has 0 fully saturated rings. The molecule has 0 bridgehead atoms. The zero-order valence-electron chi connectivity index (χ0n) is 11.1. The van der Waals surface area contributed by atoms with Gasteiger partial charge in [0.05, 0.1) is 24.2 Å². The third kappa shape index (κ3) is 3.26. The maximum atomic E-state index is 12.3. The van der Waals surface area contributed by atoms with E-state index in [9.17, 15) is 13.2 Å². The van der Waals surface area contributed by atoms with Crippen LogP contribution in [-0.4, -0.2) is 49.2 Å². The Balaban J connectivity index is 2.99. The Morgan fingerprint density at radius 2 is 2.21 bits per heavy atom. The summed E-state index contributed by atoms with van der Waals surface area (Å²) in [5.41, 5.74) is 0. The number of ether oxygens (including phenoxy) is 1. The Hall–Kier alpha value is -1.12. The van der Waals surface area contributed by atoms with Crippen LogP contribution >= 0.6 is 11.6 Å². The van der Waals surface area contributed by atoms with Crippen LogP contribution in [0.2, 0.25) is 5.02 Å². The van der Waals surface area contributed by atoms with Crippen LogP contribution in [0.4, 0.5) is 0 Å². The fraction of sp³-hybridized carbons (Fsp3) is 0.600. The molecule has 0 aromatic carbocycles. The van der Waals surface area contributed by atoms with E-state index < -0.39 is 21.9 Å². The lowest BCUT2D eigenvalue weighted by Gasteiger charge is -2.20. The van der Waals surface area contributed by atoms with Gasteiger partial charge in [-0.1, -0.05) is 18.5 Å². The molecule has 1 rings (SSSR count). The van der Waals surface area contributed by atoms with E-state index in [1.807, 2.05) is 0 Å². The maximum absolute atomic E-state index is 12.3. The van der Waals surface area contributed by atoms with Gasteiger partial charge in [-0.3, -0.25) is 9.48 Å². The van der Waals surface area contributed by atoms with Gasteiger partial charge in [-0.2, -0.15) is 9.40 Å². The van der Waals surface area contributed by atoms with Crippen molar-refractivity contribution < 1.29 is 17.9 Å². The van der Waals surface area contributed by atoms with Gasteiger partial charge in [0.1, 0.15) is 0 Å². The largest absolute Gasteiger partial charge is 0.469 e. The van der Waals surface area contributed by atoms with Gasteiger partial charge in [-0.05, 0) is 0 Å². The Morgan fingerprint density at radius 3 is 2.63 bits per heavy atom. The molecule has 9 heteroatoms. The van der Waals surface area contributed by atoms with Crippen molar-refractivity contribution in [3.05, 3.63) is 11.2 Å². The van der Waals surface area contributed by atoms with Crippen LogP contribution in [0.15, 0.2) is 11.2 Å². The molecule has 108 valence electrons. The molecular formula is C10H16ClN3O4S. The minimum atomic E-state index is -3.80. The molecule has 1 atom stereocenters. The summed E-state index contributed by atoms with van der Waals surface area (Å²) in [4.78, 5) is 11.3. The van der Waals surface area contributed by atoms with Crippen LogP contribution in [0.25, 0.3) is 0 Å². The van der Waals surface area contributed by atoms with Crippen LogP contribution in [0.5, 0.6) is 0 Å². The fourth-order valence-corrected chi connectivity index (χ4v) is 3.45. The molecule has 1 aromatic rings. The van der Waals surface area contributed by atoms with Crippen molar-refractivity contribution in [2.45, 2.75) is 11.9 Å². The Kier molecular flexibility index (Phi) is 4.94. The van der Waals surface area contributed by atoms with Gasteiger partial charge in [0.2, 0.25) is 0 Å². The summed E-state index contributed by atoms with van der Waals surface area (Å²) in [6, 6.07) is 0. The third-order valence-corrected chi connectivity index (χ3v) is 4.96. The Labute approximate surface area is 117 Å². The number of carbonyl (C=O) groups excluding carboxylic acids is 1. The standard InChI is InChI=1S/C10H16ClN3O4S/c1-7(10(15)18-4)6-13(2)19(16,17)9-8(11)5-12-14(9)3/h5,7H,6H2,1-4H3. The molecule has 0 aliphatic rings. The van der Waals surface area contributed by atoms with E-state index >= 15 is 0 Å². The second-order valence-corrected chi connectivity index (χ2v) is 6.50. The molecule has 1 aromatic heterocycles. The molecular weight excluding hydrogens is 294 g/mol. The number of nitrogens with zero attached hydrogens (tertiary/aromatic N) is 3. The number of methoxy groups -OCH3 is 1. The zero-order chi connectivity index (χ0) is 14.8. The lowest BCUT2D eigenvalue weighted by Crippen LogP contribution is -2.35. The minimum Gasteiger partial charge on any atom is -0.469 e. The van der Waals surface area contributed by atoms with Crippen molar-refractivity contribution in [3.8, 4) is 0 Å². The average molecular weight is 310 g/mol. The van der Waals surface area contributed by atoms with Gasteiger partial charge in [0, 0.05) is 20.6 Å². The van der Waals surface area contributed by atoms with Crippen LogP contribution in [-0.2, 0) is 26.6 Å². The molecule has 19 heavy (non-hydrogen) atoms. The number of rotatable bonds is 5. The number of hydrogen-bond acceptors (Lipinski definition) is 5. The minimum absolute atomic E-state index is 0.00346. The highest BCUT2D eigenvalue weighted by molar-refractivity contribution is 7.89. The van der Waals surface area contributed by atoms with Crippen molar-refractivity contribution >= 4 is 27.6 Å². The zero-order valence-corrected chi connectivity index (χ0v) is 12.7. The maximum Gasteiger partial charge on any atom is 0.309 e. The molecule has 0 aliphatic heterocycles. The van der Waals surface area contributed by atoms with Gasteiger partial charge in [0.25, 0.3) is 10.0 Å². The first-order chi connectivity index (χ1) is 8.71. The van der Waals surface area contributed by atoms with Crippen LogP contribution in [0, 0.1) is 5.92 Å². The molecule has 0 saturated heterocycles. The van der Waals surface area contributed by atoms with E-state index in [1.54, 1.807) is 6.92 Å². The summed E-state index contributed by atoms with van der Waals surface area (Å²) in [6.07, 6.45) is 1.26. The molecule has 7 nitrogen and oxygen atoms in total. The average Bonchev–Trinajstić information content (AvgIpc) is 2.68. The number of carbonyl (C=O) groups is 1. The van der Waals surface area contributed by atoms with Gasteiger partial charge < -0.3 is 4.74 Å². The first kappa shape index (κ1) is 15.9. The van der Waals surface area contributed by atoms with E-state index in [1.165, 1.54) is 32.1 Å². The monoisotopic (exact) mass is 309 g/mol. The highest BCUT2D eigenvalue weighted by atomic mass is 35.5. The molecule has 0 amide bonds. The van der Waals surface area contributed by atoms with Crippen LogP contribution in [0.1, 0.15) is 6.92 Å². The van der Waals surface area contributed by atoms with E-state index in [2.05, 4.69) is 9.84 Å². The number of hydrogen-bond donors (Lipinski definition) is 0. The molecule has 0 saturated carbocycles. The summed E-state index contributed by atoms with van der Waals surface area (Å²) in [6.45, 7) is 1.58. The highest BCUT2D eigenvalue weighted by Crippen LogP contribution is 2.23. The molecule has 0 aliphatic carbocycles. The first-order valence-corrected chi connectivity index (χ1v) is 7.25. The highest BCUT2D eigenvalue weighted by Gasteiger charge is 2.30. The van der Waals surface area contributed by atoms with Gasteiger partial charge in [-0.15, -0.1) is 0 Å².